The Hall–Kier alpha value is -2.95. The molecule has 0 amide bonds. The first-order valence-corrected chi connectivity index (χ1v) is 8.55. The van der Waals surface area contributed by atoms with E-state index in [0.717, 1.165) is 23.2 Å². The van der Waals surface area contributed by atoms with Crippen LogP contribution in [0.1, 0.15) is 26.4 Å². The average molecular weight is 332 g/mol. The Bertz CT molecular complexity index is 963. The monoisotopic (exact) mass is 332 g/mol. The molecule has 1 unspecified atom stereocenters. The molecular formula is C20H20N4O. The van der Waals surface area contributed by atoms with E-state index in [4.69, 9.17) is 5.10 Å². The molecule has 2 heterocycles. The van der Waals surface area contributed by atoms with Crippen LogP contribution in [0.2, 0.25) is 0 Å². The Labute approximate surface area is 146 Å². The molecule has 0 bridgehead atoms. The zero-order chi connectivity index (χ0) is 17.4. The molecule has 4 rings (SSSR count). The van der Waals surface area contributed by atoms with Gasteiger partial charge in [0.1, 0.15) is 6.17 Å². The summed E-state index contributed by atoms with van der Waals surface area (Å²) < 4.78 is 1.87. The van der Waals surface area contributed by atoms with Gasteiger partial charge in [0.2, 0.25) is 0 Å². The van der Waals surface area contributed by atoms with Crippen LogP contribution in [-0.2, 0) is 0 Å². The van der Waals surface area contributed by atoms with Crippen LogP contribution in [0.4, 0.5) is 5.69 Å². The van der Waals surface area contributed by atoms with Crippen LogP contribution in [-0.4, -0.2) is 14.8 Å². The van der Waals surface area contributed by atoms with Gasteiger partial charge in [-0.1, -0.05) is 56.3 Å². The van der Waals surface area contributed by atoms with Crippen molar-refractivity contribution < 1.29 is 0 Å². The fourth-order valence-electron chi connectivity index (χ4n) is 3.23. The van der Waals surface area contributed by atoms with Gasteiger partial charge in [-0.2, -0.15) is 10.1 Å². The first-order chi connectivity index (χ1) is 12.1. The third kappa shape index (κ3) is 2.82. The lowest BCUT2D eigenvalue weighted by molar-refractivity contribution is 0.398. The Kier molecular flexibility index (Phi) is 3.84. The molecule has 5 nitrogen and oxygen atoms in total. The van der Waals surface area contributed by atoms with E-state index in [2.05, 4.69) is 24.1 Å². The largest absolute Gasteiger partial charge is 0.363 e. The molecule has 1 N–H and O–H groups in total. The minimum absolute atomic E-state index is 0.0273. The Morgan fingerprint density at radius 1 is 1.08 bits per heavy atom. The van der Waals surface area contributed by atoms with E-state index < -0.39 is 0 Å². The van der Waals surface area contributed by atoms with Crippen LogP contribution in [0, 0.1) is 5.92 Å². The second kappa shape index (κ2) is 6.16. The quantitative estimate of drug-likeness (QED) is 0.789. The summed E-state index contributed by atoms with van der Waals surface area (Å²) in [5.74, 6) is 1.11. The highest BCUT2D eigenvalue weighted by atomic mass is 16.1. The topological polar surface area (TPSA) is 59.8 Å². The molecule has 1 atom stereocenters. The third-order valence-corrected chi connectivity index (χ3v) is 4.36. The van der Waals surface area contributed by atoms with Crippen LogP contribution in [0.5, 0.6) is 0 Å². The van der Waals surface area contributed by atoms with Crippen LogP contribution in [0.25, 0.3) is 22.6 Å². The van der Waals surface area contributed by atoms with Crippen molar-refractivity contribution >= 4 is 5.69 Å². The van der Waals surface area contributed by atoms with E-state index >= 15 is 0 Å². The van der Waals surface area contributed by atoms with Crippen molar-refractivity contribution in [2.75, 3.05) is 5.32 Å². The van der Waals surface area contributed by atoms with E-state index in [1.807, 2.05) is 59.3 Å². The molecule has 0 aliphatic carbocycles. The van der Waals surface area contributed by atoms with Crippen molar-refractivity contribution in [2.45, 2.75) is 26.4 Å². The summed E-state index contributed by atoms with van der Waals surface area (Å²) >= 11 is 0. The summed E-state index contributed by atoms with van der Waals surface area (Å²) in [6.07, 6.45) is 0.869. The van der Waals surface area contributed by atoms with Gasteiger partial charge in [-0.05, 0) is 24.5 Å². The summed E-state index contributed by atoms with van der Waals surface area (Å²) in [7, 11) is 0. The van der Waals surface area contributed by atoms with Gasteiger partial charge in [0.15, 0.2) is 11.5 Å². The van der Waals surface area contributed by atoms with Crippen molar-refractivity contribution in [2.24, 2.45) is 5.92 Å². The normalized spacial score (nSPS) is 15.4. The number of nitrogens with zero attached hydrogens (tertiary/aromatic N) is 3. The van der Waals surface area contributed by atoms with E-state index in [0.29, 0.717) is 17.4 Å². The maximum Gasteiger partial charge on any atom is 0.300 e. The standard InChI is InChI=1S/C20H20N4O/c1-13(2)12-17-21-16-11-7-6-10-15(16)19-22-20(25)18(23-24(17)19)14-8-4-3-5-9-14/h3-11,13,17,21H,12H2,1-2H3. The predicted octanol–water partition coefficient (Wildman–Crippen LogP) is 3.94. The minimum atomic E-state index is -0.294. The summed E-state index contributed by atoms with van der Waals surface area (Å²) in [5.41, 5.74) is 2.79. The third-order valence-electron chi connectivity index (χ3n) is 4.36. The summed E-state index contributed by atoms with van der Waals surface area (Å²) in [6.45, 7) is 4.35. The molecule has 1 aliphatic rings. The number of fused-ring (bicyclic) bond motifs is 3. The molecule has 0 spiro atoms. The van der Waals surface area contributed by atoms with E-state index in [-0.39, 0.29) is 11.7 Å². The lowest BCUT2D eigenvalue weighted by atomic mass is 10.0. The lowest BCUT2D eigenvalue weighted by Crippen LogP contribution is -2.32. The molecule has 5 heteroatoms. The molecule has 126 valence electrons. The predicted molar refractivity (Wildman–Crippen MR) is 99.3 cm³/mol. The van der Waals surface area contributed by atoms with Crippen LogP contribution < -0.4 is 10.9 Å². The highest BCUT2D eigenvalue weighted by Gasteiger charge is 2.27. The highest BCUT2D eigenvalue weighted by molar-refractivity contribution is 5.76. The summed E-state index contributed by atoms with van der Waals surface area (Å²) in [5, 5.41) is 8.24. The van der Waals surface area contributed by atoms with Crippen molar-refractivity contribution in [3.05, 3.63) is 65.0 Å². The van der Waals surface area contributed by atoms with Crippen LogP contribution >= 0.6 is 0 Å². The van der Waals surface area contributed by atoms with Gasteiger partial charge in [-0.15, -0.1) is 0 Å². The zero-order valence-corrected chi connectivity index (χ0v) is 14.3. The SMILES string of the molecule is CC(C)CC1Nc2ccccc2-c2nc(=O)c(-c3ccccc3)nn21. The fourth-order valence-corrected chi connectivity index (χ4v) is 3.23. The van der Waals surface area contributed by atoms with E-state index in [1.165, 1.54) is 0 Å². The smallest absolute Gasteiger partial charge is 0.300 e. The molecular weight excluding hydrogens is 312 g/mol. The van der Waals surface area contributed by atoms with Crippen LogP contribution in [0.15, 0.2) is 59.4 Å². The second-order valence-corrected chi connectivity index (χ2v) is 6.74. The Morgan fingerprint density at radius 3 is 2.56 bits per heavy atom. The minimum Gasteiger partial charge on any atom is -0.363 e. The maximum atomic E-state index is 12.6. The number of benzene rings is 2. The van der Waals surface area contributed by atoms with Crippen LogP contribution in [0.3, 0.4) is 0 Å². The first kappa shape index (κ1) is 15.6. The number of rotatable bonds is 3. The highest BCUT2D eigenvalue weighted by Crippen LogP contribution is 2.35. The number of aromatic nitrogens is 3. The molecule has 0 saturated carbocycles. The fraction of sp³-hybridized carbons (Fsp3) is 0.250. The van der Waals surface area contributed by atoms with Crippen molar-refractivity contribution in [1.82, 2.24) is 14.8 Å². The lowest BCUT2D eigenvalue weighted by Gasteiger charge is -2.31. The summed E-state index contributed by atoms with van der Waals surface area (Å²) in [6, 6.07) is 17.4. The molecule has 0 saturated heterocycles. The Balaban J connectivity index is 1.93. The van der Waals surface area contributed by atoms with Gasteiger partial charge in [0, 0.05) is 16.8 Å². The Morgan fingerprint density at radius 2 is 1.80 bits per heavy atom. The van der Waals surface area contributed by atoms with Crippen molar-refractivity contribution in [3.8, 4) is 22.6 Å². The molecule has 1 aliphatic heterocycles. The molecule has 1 aromatic heterocycles. The molecule has 2 aromatic carbocycles. The zero-order valence-electron chi connectivity index (χ0n) is 14.3. The molecule has 0 fully saturated rings. The molecule has 0 radical (unpaired) electrons. The molecule has 3 aromatic rings. The number of hydrogen-bond donors (Lipinski definition) is 1. The van der Waals surface area contributed by atoms with Gasteiger partial charge in [0.25, 0.3) is 5.56 Å². The molecule has 25 heavy (non-hydrogen) atoms. The van der Waals surface area contributed by atoms with E-state index in [1.54, 1.807) is 0 Å². The maximum absolute atomic E-state index is 12.6. The average Bonchev–Trinajstić information content (AvgIpc) is 2.61. The number of nitrogens with one attached hydrogen (secondary N) is 1. The number of anilines is 1. The number of hydrogen-bond acceptors (Lipinski definition) is 4. The van der Waals surface area contributed by atoms with Gasteiger partial charge in [-0.3, -0.25) is 4.79 Å². The number of para-hydroxylation sites is 1. The van der Waals surface area contributed by atoms with Gasteiger partial charge in [0.05, 0.1) is 0 Å². The first-order valence-electron chi connectivity index (χ1n) is 8.55. The van der Waals surface area contributed by atoms with Gasteiger partial charge < -0.3 is 5.32 Å². The van der Waals surface area contributed by atoms with Crippen molar-refractivity contribution in [1.29, 1.82) is 0 Å². The van der Waals surface area contributed by atoms with Gasteiger partial charge >= 0.3 is 0 Å². The van der Waals surface area contributed by atoms with Gasteiger partial charge in [-0.25, -0.2) is 4.68 Å². The van der Waals surface area contributed by atoms with E-state index in [9.17, 15) is 4.79 Å². The second-order valence-electron chi connectivity index (χ2n) is 6.74. The van der Waals surface area contributed by atoms with Crippen molar-refractivity contribution in [3.63, 3.8) is 0 Å². The summed E-state index contributed by atoms with van der Waals surface area (Å²) in [4.78, 5) is 17.0.